The molecular formula is C16H22N2O6S. The topological polar surface area (TPSA) is 111 Å². The molecule has 1 aromatic carbocycles. The van der Waals surface area contributed by atoms with Crippen LogP contribution in [0.25, 0.3) is 6.08 Å². The van der Waals surface area contributed by atoms with Gasteiger partial charge in [-0.3, -0.25) is 4.79 Å². The number of carbonyl (C=O) groups excluding carboxylic acids is 2. The van der Waals surface area contributed by atoms with Gasteiger partial charge in [0.05, 0.1) is 7.11 Å². The molecule has 1 amide bonds. The molecular weight excluding hydrogens is 348 g/mol. The Bertz CT molecular complexity index is 756. The van der Waals surface area contributed by atoms with Gasteiger partial charge in [0, 0.05) is 12.1 Å². The van der Waals surface area contributed by atoms with Gasteiger partial charge < -0.3 is 14.8 Å². The van der Waals surface area contributed by atoms with Crippen LogP contribution in [0.3, 0.4) is 0 Å². The van der Waals surface area contributed by atoms with E-state index in [2.05, 4.69) is 10.0 Å². The summed E-state index contributed by atoms with van der Waals surface area (Å²) in [6.45, 7) is 3.20. The fourth-order valence-corrected chi connectivity index (χ4v) is 2.76. The maximum atomic E-state index is 12.0. The number of nitrogens with one attached hydrogen (secondary N) is 2. The van der Waals surface area contributed by atoms with Crippen molar-refractivity contribution in [3.05, 3.63) is 29.8 Å². The van der Waals surface area contributed by atoms with Crippen LogP contribution >= 0.6 is 0 Å². The number of carbonyl (C=O) groups is 2. The predicted molar refractivity (Wildman–Crippen MR) is 92.5 cm³/mol. The molecule has 0 bridgehead atoms. The van der Waals surface area contributed by atoms with Crippen LogP contribution in [0.2, 0.25) is 0 Å². The number of benzene rings is 1. The maximum absolute atomic E-state index is 12.0. The predicted octanol–water partition coefficient (Wildman–Crippen LogP) is 0.684. The van der Waals surface area contributed by atoms with Crippen LogP contribution in [0.15, 0.2) is 29.2 Å². The average molecular weight is 370 g/mol. The standard InChI is InChI=1S/C16H22N2O6S/c1-11(2)18-15(19)10-24-16(20)8-6-12-5-7-13(23-4)14(9-12)25(21,22)17-3/h5-9,11,17H,10H2,1-4H3,(H,18,19)/b8-6+. The van der Waals surface area contributed by atoms with Crippen LogP contribution in [-0.4, -0.2) is 47.1 Å². The molecule has 8 nitrogen and oxygen atoms in total. The summed E-state index contributed by atoms with van der Waals surface area (Å²) in [4.78, 5) is 23.0. The van der Waals surface area contributed by atoms with Gasteiger partial charge in [-0.1, -0.05) is 6.07 Å². The van der Waals surface area contributed by atoms with Crippen LogP contribution in [0.1, 0.15) is 19.4 Å². The molecule has 25 heavy (non-hydrogen) atoms. The second kappa shape index (κ2) is 9.19. The highest BCUT2D eigenvalue weighted by Gasteiger charge is 2.17. The zero-order valence-electron chi connectivity index (χ0n) is 14.5. The van der Waals surface area contributed by atoms with Gasteiger partial charge in [-0.2, -0.15) is 0 Å². The minimum absolute atomic E-state index is 0.0476. The summed E-state index contributed by atoms with van der Waals surface area (Å²) < 4.78 is 36.0. The molecule has 1 rings (SSSR count). The van der Waals surface area contributed by atoms with Crippen molar-refractivity contribution in [1.82, 2.24) is 10.0 Å². The second-order valence-electron chi connectivity index (χ2n) is 5.28. The van der Waals surface area contributed by atoms with Gasteiger partial charge in [-0.15, -0.1) is 0 Å². The molecule has 0 atom stereocenters. The Morgan fingerprint density at radius 3 is 2.52 bits per heavy atom. The highest BCUT2D eigenvalue weighted by atomic mass is 32.2. The molecule has 0 unspecified atom stereocenters. The molecule has 0 fully saturated rings. The van der Waals surface area contributed by atoms with E-state index in [1.807, 2.05) is 0 Å². The fraction of sp³-hybridized carbons (Fsp3) is 0.375. The van der Waals surface area contributed by atoms with E-state index in [4.69, 9.17) is 9.47 Å². The van der Waals surface area contributed by atoms with E-state index in [0.29, 0.717) is 5.56 Å². The lowest BCUT2D eigenvalue weighted by Gasteiger charge is -2.09. The molecule has 0 saturated heterocycles. The number of ether oxygens (including phenoxy) is 2. The third kappa shape index (κ3) is 6.55. The summed E-state index contributed by atoms with van der Waals surface area (Å²) in [6.07, 6.45) is 2.50. The van der Waals surface area contributed by atoms with E-state index in [0.717, 1.165) is 6.08 Å². The number of hydrogen-bond donors (Lipinski definition) is 2. The molecule has 0 radical (unpaired) electrons. The average Bonchev–Trinajstić information content (AvgIpc) is 2.57. The molecule has 9 heteroatoms. The third-order valence-corrected chi connectivity index (χ3v) is 4.39. The molecule has 0 aliphatic rings. The van der Waals surface area contributed by atoms with Crippen LogP contribution in [0.4, 0.5) is 0 Å². The van der Waals surface area contributed by atoms with Crippen LogP contribution in [0.5, 0.6) is 5.75 Å². The summed E-state index contributed by atoms with van der Waals surface area (Å²) in [6, 6.07) is 4.38. The van der Waals surface area contributed by atoms with Gasteiger partial charge in [-0.05, 0) is 44.7 Å². The Hall–Kier alpha value is -2.39. The molecule has 0 aliphatic heterocycles. The zero-order valence-corrected chi connectivity index (χ0v) is 15.3. The van der Waals surface area contributed by atoms with Crippen molar-refractivity contribution >= 4 is 28.0 Å². The summed E-state index contributed by atoms with van der Waals surface area (Å²) >= 11 is 0. The molecule has 0 spiro atoms. The van der Waals surface area contributed by atoms with Crippen molar-refractivity contribution in [1.29, 1.82) is 0 Å². The highest BCUT2D eigenvalue weighted by molar-refractivity contribution is 7.89. The van der Waals surface area contributed by atoms with Crippen molar-refractivity contribution in [3.63, 3.8) is 0 Å². The van der Waals surface area contributed by atoms with E-state index in [1.165, 1.54) is 32.4 Å². The monoisotopic (exact) mass is 370 g/mol. The Kier molecular flexibility index (Phi) is 7.59. The van der Waals surface area contributed by atoms with Crippen molar-refractivity contribution in [2.75, 3.05) is 20.8 Å². The SMILES string of the molecule is CNS(=O)(=O)c1cc(/C=C/C(=O)OCC(=O)NC(C)C)ccc1OC. The highest BCUT2D eigenvalue weighted by Crippen LogP contribution is 2.25. The third-order valence-electron chi connectivity index (χ3n) is 2.95. The first-order valence-corrected chi connectivity index (χ1v) is 8.93. The van der Waals surface area contributed by atoms with Crippen molar-refractivity contribution in [2.45, 2.75) is 24.8 Å². The van der Waals surface area contributed by atoms with Gasteiger partial charge >= 0.3 is 5.97 Å². The number of amides is 1. The Balaban J connectivity index is 2.82. The van der Waals surface area contributed by atoms with E-state index < -0.39 is 21.9 Å². The number of methoxy groups -OCH3 is 1. The Labute approximate surface area is 147 Å². The minimum atomic E-state index is -3.71. The molecule has 2 N–H and O–H groups in total. The largest absolute Gasteiger partial charge is 0.495 e. The number of sulfonamides is 1. The van der Waals surface area contributed by atoms with Crippen molar-refractivity contribution in [2.24, 2.45) is 0 Å². The number of hydrogen-bond acceptors (Lipinski definition) is 6. The second-order valence-corrected chi connectivity index (χ2v) is 7.14. The first kappa shape index (κ1) is 20.7. The van der Waals surface area contributed by atoms with E-state index >= 15 is 0 Å². The van der Waals surface area contributed by atoms with Gasteiger partial charge in [0.15, 0.2) is 6.61 Å². The lowest BCUT2D eigenvalue weighted by molar-refractivity contribution is -0.143. The molecule has 0 aliphatic carbocycles. The molecule has 0 saturated carbocycles. The van der Waals surface area contributed by atoms with Crippen LogP contribution in [0, 0.1) is 0 Å². The molecule has 0 heterocycles. The smallest absolute Gasteiger partial charge is 0.331 e. The Morgan fingerprint density at radius 1 is 1.28 bits per heavy atom. The molecule has 1 aromatic rings. The quantitative estimate of drug-likeness (QED) is 0.514. The first-order valence-electron chi connectivity index (χ1n) is 7.45. The van der Waals surface area contributed by atoms with Crippen molar-refractivity contribution < 1.29 is 27.5 Å². The summed E-state index contributed by atoms with van der Waals surface area (Å²) in [5.74, 6) is -0.934. The lowest BCUT2D eigenvalue weighted by atomic mass is 10.2. The zero-order chi connectivity index (χ0) is 19.0. The number of rotatable bonds is 8. The Morgan fingerprint density at radius 2 is 1.96 bits per heavy atom. The fourth-order valence-electron chi connectivity index (χ4n) is 1.83. The number of esters is 1. The van der Waals surface area contributed by atoms with Crippen LogP contribution < -0.4 is 14.8 Å². The molecule has 0 aromatic heterocycles. The normalized spacial score (nSPS) is 11.6. The van der Waals surface area contributed by atoms with Gasteiger partial charge in [0.2, 0.25) is 10.0 Å². The summed E-state index contributed by atoms with van der Waals surface area (Å²) in [5.41, 5.74) is 0.457. The van der Waals surface area contributed by atoms with Crippen LogP contribution in [-0.2, 0) is 24.3 Å². The lowest BCUT2D eigenvalue weighted by Crippen LogP contribution is -2.33. The van der Waals surface area contributed by atoms with Gasteiger partial charge in [0.25, 0.3) is 5.91 Å². The van der Waals surface area contributed by atoms with Gasteiger partial charge in [-0.25, -0.2) is 17.9 Å². The maximum Gasteiger partial charge on any atom is 0.331 e. The summed E-state index contributed by atoms with van der Waals surface area (Å²) in [7, 11) is -1.06. The van der Waals surface area contributed by atoms with E-state index in [9.17, 15) is 18.0 Å². The molecule has 138 valence electrons. The minimum Gasteiger partial charge on any atom is -0.495 e. The summed E-state index contributed by atoms with van der Waals surface area (Å²) in [5, 5.41) is 2.59. The van der Waals surface area contributed by atoms with Crippen molar-refractivity contribution in [3.8, 4) is 5.75 Å². The van der Waals surface area contributed by atoms with E-state index in [-0.39, 0.29) is 23.3 Å². The first-order chi connectivity index (χ1) is 11.7. The van der Waals surface area contributed by atoms with E-state index in [1.54, 1.807) is 19.9 Å². The van der Waals surface area contributed by atoms with Gasteiger partial charge in [0.1, 0.15) is 10.6 Å².